The Bertz CT molecular complexity index is 207. The molecule has 1 atom stereocenters. The van der Waals surface area contributed by atoms with Gasteiger partial charge in [0.15, 0.2) is 5.13 Å². The summed E-state index contributed by atoms with van der Waals surface area (Å²) in [5.74, 6) is 0.606. The summed E-state index contributed by atoms with van der Waals surface area (Å²) < 4.78 is 0. The minimum absolute atomic E-state index is 0.606. The molecule has 10 heavy (non-hydrogen) atoms. The lowest BCUT2D eigenvalue weighted by Crippen LogP contribution is -1.84. The molecule has 2 N–H and O–H groups in total. The molecule has 0 radical (unpaired) electrons. The third-order valence-corrected chi connectivity index (χ3v) is 2.70. The highest BCUT2D eigenvalue weighted by Crippen LogP contribution is 2.25. The third kappa shape index (κ3) is 1.48. The molecule has 3 heteroatoms. The monoisotopic (exact) mass is 156 g/mol. The van der Waals surface area contributed by atoms with Gasteiger partial charge in [-0.1, -0.05) is 13.8 Å². The maximum atomic E-state index is 5.48. The van der Waals surface area contributed by atoms with Crippen LogP contribution in [-0.4, -0.2) is 4.98 Å². The van der Waals surface area contributed by atoms with Crippen molar-refractivity contribution >= 4 is 16.5 Å². The average Bonchev–Trinajstić information content (AvgIpc) is 2.34. The van der Waals surface area contributed by atoms with Crippen LogP contribution in [-0.2, 0) is 0 Å². The number of hydrogen-bond donors (Lipinski definition) is 1. The van der Waals surface area contributed by atoms with Gasteiger partial charge in [0.05, 0.1) is 0 Å². The molecule has 2 nitrogen and oxygen atoms in total. The molecular formula is C7H12N2S. The van der Waals surface area contributed by atoms with E-state index in [9.17, 15) is 0 Å². The molecule has 56 valence electrons. The Hall–Kier alpha value is -0.570. The Kier molecular flexibility index (Phi) is 2.27. The predicted molar refractivity (Wildman–Crippen MR) is 45.2 cm³/mol. The minimum Gasteiger partial charge on any atom is -0.375 e. The van der Waals surface area contributed by atoms with E-state index in [2.05, 4.69) is 18.8 Å². The van der Waals surface area contributed by atoms with Gasteiger partial charge in [0.2, 0.25) is 0 Å². The van der Waals surface area contributed by atoms with E-state index in [1.807, 2.05) is 6.20 Å². The molecule has 0 aromatic carbocycles. The lowest BCUT2D eigenvalue weighted by atomic mass is 10.1. The number of thiazole rings is 1. The zero-order valence-electron chi connectivity index (χ0n) is 6.29. The largest absolute Gasteiger partial charge is 0.375 e. The van der Waals surface area contributed by atoms with Gasteiger partial charge in [-0.15, -0.1) is 11.3 Å². The maximum absolute atomic E-state index is 5.48. The van der Waals surface area contributed by atoms with Gasteiger partial charge >= 0.3 is 0 Å². The van der Waals surface area contributed by atoms with E-state index < -0.39 is 0 Å². The second-order valence-electron chi connectivity index (χ2n) is 2.41. The average molecular weight is 156 g/mol. The zero-order chi connectivity index (χ0) is 7.56. The summed E-state index contributed by atoms with van der Waals surface area (Å²) in [6, 6.07) is 0. The van der Waals surface area contributed by atoms with Crippen molar-refractivity contribution in [3.8, 4) is 0 Å². The van der Waals surface area contributed by atoms with E-state index in [4.69, 9.17) is 5.73 Å². The first-order chi connectivity index (χ1) is 4.74. The Morgan fingerprint density at radius 1 is 1.80 bits per heavy atom. The molecule has 0 aliphatic carbocycles. The third-order valence-electron chi connectivity index (χ3n) is 1.64. The molecule has 1 aromatic heterocycles. The van der Waals surface area contributed by atoms with Crippen LogP contribution in [0.3, 0.4) is 0 Å². The maximum Gasteiger partial charge on any atom is 0.180 e. The number of anilines is 1. The van der Waals surface area contributed by atoms with Crippen molar-refractivity contribution < 1.29 is 0 Å². The van der Waals surface area contributed by atoms with E-state index in [0.717, 1.165) is 6.42 Å². The lowest BCUT2D eigenvalue weighted by molar-refractivity contribution is 0.746. The summed E-state index contributed by atoms with van der Waals surface area (Å²) in [7, 11) is 0. The van der Waals surface area contributed by atoms with Crippen molar-refractivity contribution in [2.75, 3.05) is 5.73 Å². The summed E-state index contributed by atoms with van der Waals surface area (Å²) >= 11 is 1.59. The Balaban J connectivity index is 2.74. The molecule has 0 saturated heterocycles. The Labute approximate surface area is 65.1 Å². The number of nitrogen functional groups attached to an aromatic ring is 1. The van der Waals surface area contributed by atoms with Gasteiger partial charge in [-0.3, -0.25) is 0 Å². The topological polar surface area (TPSA) is 38.9 Å². The second-order valence-corrected chi connectivity index (χ2v) is 3.50. The summed E-state index contributed by atoms with van der Waals surface area (Å²) in [5.41, 5.74) is 5.48. The van der Waals surface area contributed by atoms with E-state index >= 15 is 0 Å². The fourth-order valence-corrected chi connectivity index (χ4v) is 1.55. The number of aromatic nitrogens is 1. The molecule has 1 unspecified atom stereocenters. The van der Waals surface area contributed by atoms with Crippen LogP contribution in [0.4, 0.5) is 5.13 Å². The van der Waals surface area contributed by atoms with Crippen molar-refractivity contribution in [2.24, 2.45) is 0 Å². The van der Waals surface area contributed by atoms with Gasteiger partial charge in [-0.05, 0) is 12.3 Å². The van der Waals surface area contributed by atoms with Gasteiger partial charge in [0.1, 0.15) is 0 Å². The molecule has 0 aliphatic heterocycles. The highest BCUT2D eigenvalue weighted by molar-refractivity contribution is 7.15. The van der Waals surface area contributed by atoms with Crippen LogP contribution in [0.1, 0.15) is 31.1 Å². The quantitative estimate of drug-likeness (QED) is 0.713. The van der Waals surface area contributed by atoms with Crippen LogP contribution < -0.4 is 5.73 Å². The minimum atomic E-state index is 0.606. The standard InChI is InChI=1S/C7H12N2S/c1-3-5(2)6-4-9-7(8)10-6/h4-5H,3H2,1-2H3,(H2,8,9). The van der Waals surface area contributed by atoms with E-state index in [1.165, 1.54) is 4.88 Å². The Morgan fingerprint density at radius 2 is 2.50 bits per heavy atom. The van der Waals surface area contributed by atoms with Gasteiger partial charge in [0, 0.05) is 11.1 Å². The fraction of sp³-hybridized carbons (Fsp3) is 0.571. The highest BCUT2D eigenvalue weighted by Gasteiger charge is 2.05. The van der Waals surface area contributed by atoms with Crippen LogP contribution in [0.5, 0.6) is 0 Å². The van der Waals surface area contributed by atoms with Crippen LogP contribution in [0, 0.1) is 0 Å². The number of hydrogen-bond acceptors (Lipinski definition) is 3. The summed E-state index contributed by atoms with van der Waals surface area (Å²) in [6.45, 7) is 4.35. The van der Waals surface area contributed by atoms with Crippen molar-refractivity contribution in [1.29, 1.82) is 0 Å². The van der Waals surface area contributed by atoms with Gasteiger partial charge in [-0.25, -0.2) is 4.98 Å². The van der Waals surface area contributed by atoms with Gasteiger partial charge in [-0.2, -0.15) is 0 Å². The first kappa shape index (κ1) is 7.54. The molecule has 1 rings (SSSR count). The predicted octanol–water partition coefficient (Wildman–Crippen LogP) is 2.24. The van der Waals surface area contributed by atoms with Crippen molar-refractivity contribution in [3.63, 3.8) is 0 Å². The van der Waals surface area contributed by atoms with E-state index in [1.54, 1.807) is 11.3 Å². The molecule has 0 amide bonds. The highest BCUT2D eigenvalue weighted by atomic mass is 32.1. The normalized spacial score (nSPS) is 13.4. The second kappa shape index (κ2) is 3.01. The summed E-state index contributed by atoms with van der Waals surface area (Å²) in [6.07, 6.45) is 3.02. The molecule has 1 aromatic rings. The SMILES string of the molecule is CCC(C)c1cnc(N)s1. The van der Waals surface area contributed by atoms with Crippen LogP contribution in [0.2, 0.25) is 0 Å². The smallest absolute Gasteiger partial charge is 0.180 e. The van der Waals surface area contributed by atoms with E-state index in [0.29, 0.717) is 11.0 Å². The lowest BCUT2D eigenvalue weighted by Gasteiger charge is -2.01. The fourth-order valence-electron chi connectivity index (χ4n) is 0.730. The van der Waals surface area contributed by atoms with Crippen LogP contribution in [0.25, 0.3) is 0 Å². The molecule has 0 spiro atoms. The zero-order valence-corrected chi connectivity index (χ0v) is 7.11. The molecule has 0 fully saturated rings. The molecule has 0 aliphatic rings. The molecule has 0 bridgehead atoms. The first-order valence-electron chi connectivity index (χ1n) is 3.45. The summed E-state index contributed by atoms with van der Waals surface area (Å²) in [4.78, 5) is 5.27. The summed E-state index contributed by atoms with van der Waals surface area (Å²) in [5, 5.41) is 0.676. The number of nitrogens with two attached hydrogens (primary N) is 1. The Morgan fingerprint density at radius 3 is 2.90 bits per heavy atom. The molecular weight excluding hydrogens is 144 g/mol. The molecule has 0 saturated carbocycles. The van der Waals surface area contributed by atoms with E-state index in [-0.39, 0.29) is 0 Å². The van der Waals surface area contributed by atoms with Crippen molar-refractivity contribution in [1.82, 2.24) is 4.98 Å². The van der Waals surface area contributed by atoms with Crippen LogP contribution >= 0.6 is 11.3 Å². The van der Waals surface area contributed by atoms with Crippen LogP contribution in [0.15, 0.2) is 6.20 Å². The van der Waals surface area contributed by atoms with Gasteiger partial charge < -0.3 is 5.73 Å². The number of rotatable bonds is 2. The van der Waals surface area contributed by atoms with Crippen molar-refractivity contribution in [3.05, 3.63) is 11.1 Å². The molecule has 1 heterocycles. The van der Waals surface area contributed by atoms with Crippen molar-refractivity contribution in [2.45, 2.75) is 26.2 Å². The van der Waals surface area contributed by atoms with Gasteiger partial charge in [0.25, 0.3) is 0 Å². The number of nitrogens with zero attached hydrogens (tertiary/aromatic N) is 1. The first-order valence-corrected chi connectivity index (χ1v) is 4.27.